The van der Waals surface area contributed by atoms with Crippen LogP contribution in [0.15, 0.2) is 66.7 Å². The molecule has 0 fully saturated rings. The second-order valence-electron chi connectivity index (χ2n) is 6.59. The topological polar surface area (TPSA) is 31.4 Å². The molecule has 0 aliphatic carbocycles. The summed E-state index contributed by atoms with van der Waals surface area (Å²) in [6, 6.07) is 22.7. The zero-order valence-corrected chi connectivity index (χ0v) is 15.4. The number of benzene rings is 2. The lowest BCUT2D eigenvalue weighted by Gasteiger charge is -2.30. The summed E-state index contributed by atoms with van der Waals surface area (Å²) in [5, 5.41) is 0.427. The van der Waals surface area contributed by atoms with E-state index in [-0.39, 0.29) is 0 Å². The summed E-state index contributed by atoms with van der Waals surface area (Å²) in [5.74, 6) is 0.551. The molecule has 0 bridgehead atoms. The van der Waals surface area contributed by atoms with E-state index in [1.807, 2.05) is 18.2 Å². The van der Waals surface area contributed by atoms with E-state index in [4.69, 9.17) is 21.1 Å². The standard InChI is InChI=1S/C22H20ClNO2/c1-25-21-18-15-26-22(19(18)12-20(23)24-21,13-16-8-4-2-5-9-16)14-17-10-6-3-7-11-17/h2-12H,13-15H2,1H3. The Morgan fingerprint density at radius 1 is 1.00 bits per heavy atom. The van der Waals surface area contributed by atoms with Crippen molar-refractivity contribution in [2.75, 3.05) is 7.11 Å². The van der Waals surface area contributed by atoms with Crippen LogP contribution >= 0.6 is 11.6 Å². The maximum absolute atomic E-state index is 6.44. The largest absolute Gasteiger partial charge is 0.481 e. The van der Waals surface area contributed by atoms with Crippen molar-refractivity contribution in [2.24, 2.45) is 0 Å². The minimum Gasteiger partial charge on any atom is -0.481 e. The first-order chi connectivity index (χ1) is 12.7. The molecule has 132 valence electrons. The Balaban J connectivity index is 1.82. The Labute approximate surface area is 158 Å². The third kappa shape index (κ3) is 3.20. The number of ether oxygens (including phenoxy) is 2. The maximum atomic E-state index is 6.44. The van der Waals surface area contributed by atoms with Crippen LogP contribution in [0.25, 0.3) is 0 Å². The van der Waals surface area contributed by atoms with Gasteiger partial charge in [0.25, 0.3) is 0 Å². The Bertz CT molecular complexity index is 855. The number of methoxy groups -OCH3 is 1. The summed E-state index contributed by atoms with van der Waals surface area (Å²) in [7, 11) is 1.62. The molecular weight excluding hydrogens is 346 g/mol. The van der Waals surface area contributed by atoms with Crippen molar-refractivity contribution in [3.05, 3.63) is 94.1 Å². The van der Waals surface area contributed by atoms with E-state index in [0.29, 0.717) is 17.6 Å². The minimum atomic E-state index is -0.488. The molecule has 1 aliphatic heterocycles. The van der Waals surface area contributed by atoms with E-state index >= 15 is 0 Å². The molecule has 0 radical (unpaired) electrons. The average Bonchev–Trinajstić information content (AvgIpc) is 3.01. The third-order valence-corrected chi connectivity index (χ3v) is 5.09. The number of fused-ring (bicyclic) bond motifs is 1. The van der Waals surface area contributed by atoms with Crippen molar-refractivity contribution in [3.63, 3.8) is 0 Å². The van der Waals surface area contributed by atoms with Gasteiger partial charge in [-0.25, -0.2) is 4.98 Å². The number of pyridine rings is 1. The molecule has 4 rings (SSSR count). The summed E-state index contributed by atoms with van der Waals surface area (Å²) in [4.78, 5) is 4.31. The molecule has 0 spiro atoms. The van der Waals surface area contributed by atoms with Gasteiger partial charge in [0, 0.05) is 18.4 Å². The molecule has 0 amide bonds. The van der Waals surface area contributed by atoms with E-state index in [0.717, 1.165) is 24.0 Å². The molecule has 4 heteroatoms. The van der Waals surface area contributed by atoms with Gasteiger partial charge in [-0.3, -0.25) is 0 Å². The lowest BCUT2D eigenvalue weighted by molar-refractivity contribution is -0.0379. The van der Waals surface area contributed by atoms with Crippen LogP contribution in [0.4, 0.5) is 0 Å². The molecule has 1 aromatic heterocycles. The monoisotopic (exact) mass is 365 g/mol. The lowest BCUT2D eigenvalue weighted by Crippen LogP contribution is -2.31. The summed E-state index contributed by atoms with van der Waals surface area (Å²) < 4.78 is 11.9. The van der Waals surface area contributed by atoms with Crippen LogP contribution in [-0.2, 0) is 29.8 Å². The molecule has 1 aliphatic rings. The van der Waals surface area contributed by atoms with Gasteiger partial charge in [0.05, 0.1) is 13.7 Å². The zero-order chi connectivity index (χ0) is 18.0. The van der Waals surface area contributed by atoms with Crippen molar-refractivity contribution < 1.29 is 9.47 Å². The predicted molar refractivity (Wildman–Crippen MR) is 103 cm³/mol. The van der Waals surface area contributed by atoms with Crippen LogP contribution in [0.3, 0.4) is 0 Å². The molecule has 0 N–H and O–H groups in total. The predicted octanol–water partition coefficient (Wildman–Crippen LogP) is 4.95. The molecule has 26 heavy (non-hydrogen) atoms. The smallest absolute Gasteiger partial charge is 0.220 e. The maximum Gasteiger partial charge on any atom is 0.220 e. The summed E-state index contributed by atoms with van der Waals surface area (Å²) >= 11 is 6.29. The highest BCUT2D eigenvalue weighted by Gasteiger charge is 2.42. The van der Waals surface area contributed by atoms with Crippen molar-refractivity contribution in [3.8, 4) is 5.88 Å². The quantitative estimate of drug-likeness (QED) is 0.599. The van der Waals surface area contributed by atoms with E-state index in [1.54, 1.807) is 7.11 Å². The van der Waals surface area contributed by atoms with Crippen LogP contribution in [0.1, 0.15) is 22.3 Å². The van der Waals surface area contributed by atoms with Crippen LogP contribution in [0.5, 0.6) is 5.88 Å². The molecule has 2 heterocycles. The van der Waals surface area contributed by atoms with Gasteiger partial charge in [-0.2, -0.15) is 0 Å². The average molecular weight is 366 g/mol. The summed E-state index contributed by atoms with van der Waals surface area (Å²) in [6.07, 6.45) is 1.53. The molecule has 0 saturated heterocycles. The third-order valence-electron chi connectivity index (χ3n) is 4.90. The number of rotatable bonds is 5. The Kier molecular flexibility index (Phi) is 4.66. The van der Waals surface area contributed by atoms with Gasteiger partial charge in [-0.1, -0.05) is 72.3 Å². The van der Waals surface area contributed by atoms with E-state index in [1.165, 1.54) is 11.1 Å². The highest BCUT2D eigenvalue weighted by atomic mass is 35.5. The van der Waals surface area contributed by atoms with Crippen molar-refractivity contribution in [1.82, 2.24) is 4.98 Å². The van der Waals surface area contributed by atoms with Gasteiger partial charge in [0.15, 0.2) is 0 Å². The number of aromatic nitrogens is 1. The number of hydrogen-bond acceptors (Lipinski definition) is 3. The van der Waals surface area contributed by atoms with Crippen LogP contribution in [0.2, 0.25) is 5.15 Å². The normalized spacial score (nSPS) is 14.8. The highest BCUT2D eigenvalue weighted by molar-refractivity contribution is 6.29. The second-order valence-corrected chi connectivity index (χ2v) is 6.98. The van der Waals surface area contributed by atoms with Crippen LogP contribution in [0, 0.1) is 0 Å². The first kappa shape index (κ1) is 17.1. The van der Waals surface area contributed by atoms with Crippen molar-refractivity contribution >= 4 is 11.6 Å². The molecule has 2 aromatic carbocycles. The van der Waals surface area contributed by atoms with Crippen LogP contribution < -0.4 is 4.74 Å². The molecule has 0 unspecified atom stereocenters. The molecule has 3 aromatic rings. The lowest BCUT2D eigenvalue weighted by atomic mass is 9.82. The SMILES string of the molecule is COc1nc(Cl)cc2c1COC2(Cc1ccccc1)Cc1ccccc1. The number of halogens is 1. The van der Waals surface area contributed by atoms with Gasteiger partial charge in [-0.15, -0.1) is 0 Å². The zero-order valence-electron chi connectivity index (χ0n) is 14.6. The van der Waals surface area contributed by atoms with Crippen LogP contribution in [-0.4, -0.2) is 12.1 Å². The van der Waals surface area contributed by atoms with Gasteiger partial charge in [-0.05, 0) is 22.8 Å². The summed E-state index contributed by atoms with van der Waals surface area (Å²) in [5.41, 5.74) is 4.02. The summed E-state index contributed by atoms with van der Waals surface area (Å²) in [6.45, 7) is 0.475. The Hall–Kier alpha value is -2.36. The Morgan fingerprint density at radius 3 is 2.12 bits per heavy atom. The van der Waals surface area contributed by atoms with Gasteiger partial charge >= 0.3 is 0 Å². The Morgan fingerprint density at radius 2 is 1.58 bits per heavy atom. The van der Waals surface area contributed by atoms with Gasteiger partial charge in [0.2, 0.25) is 5.88 Å². The number of hydrogen-bond donors (Lipinski definition) is 0. The number of nitrogens with zero attached hydrogens (tertiary/aromatic N) is 1. The second kappa shape index (κ2) is 7.10. The fourth-order valence-corrected chi connectivity index (χ4v) is 3.91. The molecule has 3 nitrogen and oxygen atoms in total. The van der Waals surface area contributed by atoms with E-state index in [2.05, 4.69) is 53.5 Å². The van der Waals surface area contributed by atoms with E-state index < -0.39 is 5.60 Å². The molecule has 0 saturated carbocycles. The van der Waals surface area contributed by atoms with Crippen molar-refractivity contribution in [2.45, 2.75) is 25.0 Å². The molecule has 0 atom stereocenters. The van der Waals surface area contributed by atoms with Gasteiger partial charge < -0.3 is 9.47 Å². The van der Waals surface area contributed by atoms with Crippen molar-refractivity contribution in [1.29, 1.82) is 0 Å². The highest BCUT2D eigenvalue weighted by Crippen LogP contribution is 2.45. The van der Waals surface area contributed by atoms with Gasteiger partial charge in [0.1, 0.15) is 10.8 Å². The van der Waals surface area contributed by atoms with E-state index in [9.17, 15) is 0 Å². The first-order valence-corrected chi connectivity index (χ1v) is 9.04. The fourth-order valence-electron chi connectivity index (χ4n) is 3.73. The molecular formula is C22H20ClNO2. The first-order valence-electron chi connectivity index (χ1n) is 8.66. The fraction of sp³-hybridized carbons (Fsp3) is 0.227. The minimum absolute atomic E-state index is 0.427.